The van der Waals surface area contributed by atoms with E-state index in [1.165, 1.54) is 31.2 Å². The second kappa shape index (κ2) is 17.4. The normalized spacial score (nSPS) is 28.3. The predicted octanol–water partition coefficient (Wildman–Crippen LogP) is 11.5. The molecule has 0 aliphatic heterocycles. The number of aliphatic hydroxyl groups is 1. The third kappa shape index (κ3) is 8.25. The third-order valence-electron chi connectivity index (χ3n) is 17.2. The van der Waals surface area contributed by atoms with Crippen molar-refractivity contribution in [2.24, 2.45) is 17.3 Å². The van der Waals surface area contributed by atoms with Crippen LogP contribution in [-0.2, 0) is 33.3 Å². The van der Waals surface area contributed by atoms with Crippen molar-refractivity contribution in [2.45, 2.75) is 151 Å². The minimum atomic E-state index is -4.75. The van der Waals surface area contributed by atoms with E-state index in [0.717, 1.165) is 81.9 Å². The molecule has 4 aromatic carbocycles. The quantitative estimate of drug-likeness (QED) is 0.144. The topological polar surface area (TPSA) is 114 Å². The molecule has 6 aliphatic rings. The van der Waals surface area contributed by atoms with Crippen molar-refractivity contribution in [3.05, 3.63) is 119 Å². The maximum Gasteiger partial charge on any atom is 0.417 e. The number of aryl methyl sites for hydroxylation is 2. The summed E-state index contributed by atoms with van der Waals surface area (Å²) < 4.78 is 114. The highest BCUT2D eigenvalue weighted by atomic mass is 19.4. The van der Waals surface area contributed by atoms with Crippen LogP contribution in [-0.4, -0.2) is 66.5 Å². The van der Waals surface area contributed by atoms with Crippen molar-refractivity contribution < 1.29 is 49.8 Å². The Kier molecular flexibility index (Phi) is 11.7. The molecule has 6 aromatic rings. The SMILES string of the molecule is C[C@]1(C(F)(F)F)CC[C@@]2(C(=O)NC3CC3)c3cc4cnn(-c5ccc(F)cc5)c4cc3CCC[C@@H]2C1.O=C(NC1CC1)[C@@]12CC[C@](O)(C(F)(F)F)C[C@H]1CCCc1cc3c(cnn3-c3ccc(F)cc3)cc12. The van der Waals surface area contributed by atoms with Crippen LogP contribution in [0.4, 0.5) is 35.1 Å². The number of hydrogen-bond acceptors (Lipinski definition) is 5. The van der Waals surface area contributed by atoms with E-state index >= 15 is 0 Å². The molecule has 0 saturated heterocycles. The van der Waals surface area contributed by atoms with Crippen LogP contribution in [0.15, 0.2) is 85.2 Å². The minimum absolute atomic E-state index is 0.0408. The van der Waals surface area contributed by atoms with Gasteiger partial charge in [-0.2, -0.15) is 36.5 Å². The summed E-state index contributed by atoms with van der Waals surface area (Å²) in [6.07, 6.45) is 0.542. The van der Waals surface area contributed by atoms with Gasteiger partial charge in [-0.25, -0.2) is 18.1 Å². The van der Waals surface area contributed by atoms with E-state index in [1.807, 2.05) is 24.3 Å². The first-order valence-corrected chi connectivity index (χ1v) is 25.2. The van der Waals surface area contributed by atoms with Crippen LogP contribution in [0, 0.1) is 28.9 Å². The van der Waals surface area contributed by atoms with E-state index in [4.69, 9.17) is 0 Å². The van der Waals surface area contributed by atoms with Crippen LogP contribution in [0.5, 0.6) is 0 Å². The first-order chi connectivity index (χ1) is 34.2. The van der Waals surface area contributed by atoms with Crippen LogP contribution in [0.1, 0.15) is 119 Å². The number of nitrogens with zero attached hydrogens (tertiary/aromatic N) is 4. The van der Waals surface area contributed by atoms with Crippen molar-refractivity contribution in [3.8, 4) is 11.4 Å². The lowest BCUT2D eigenvalue weighted by atomic mass is 9.54. The zero-order valence-electron chi connectivity index (χ0n) is 39.8. The van der Waals surface area contributed by atoms with Gasteiger partial charge in [0.05, 0.1) is 51.0 Å². The van der Waals surface area contributed by atoms with Gasteiger partial charge < -0.3 is 15.7 Å². The van der Waals surface area contributed by atoms with Crippen LogP contribution in [0.3, 0.4) is 0 Å². The van der Waals surface area contributed by atoms with Crippen molar-refractivity contribution in [1.82, 2.24) is 30.2 Å². The Morgan fingerprint density at radius 1 is 0.597 bits per heavy atom. The Balaban J connectivity index is 0.000000156. The molecule has 0 spiro atoms. The van der Waals surface area contributed by atoms with Crippen LogP contribution in [0.25, 0.3) is 33.2 Å². The van der Waals surface area contributed by atoms with Crippen molar-refractivity contribution in [1.29, 1.82) is 0 Å². The second-order valence-electron chi connectivity index (χ2n) is 21.8. The molecule has 12 rings (SSSR count). The van der Waals surface area contributed by atoms with Gasteiger partial charge in [0.1, 0.15) is 11.6 Å². The number of fused-ring (bicyclic) bond motifs is 8. The number of hydrogen-bond donors (Lipinski definition) is 3. The molecule has 0 bridgehead atoms. The van der Waals surface area contributed by atoms with Gasteiger partial charge in [0.25, 0.3) is 0 Å². The fraction of sp³-hybridized carbons (Fsp3) is 0.491. The molecule has 3 N–H and O–H groups in total. The van der Waals surface area contributed by atoms with Crippen LogP contribution < -0.4 is 10.6 Å². The molecular weight excluding hydrogens is 945 g/mol. The molecular formula is C55H56F8N6O3. The number of nitrogens with one attached hydrogen (secondary N) is 2. The van der Waals surface area contributed by atoms with Gasteiger partial charge >= 0.3 is 12.4 Å². The fourth-order valence-corrected chi connectivity index (χ4v) is 12.8. The average molecular weight is 1000 g/mol. The number of alkyl halides is 6. The number of amides is 2. The third-order valence-corrected chi connectivity index (χ3v) is 17.2. The summed E-state index contributed by atoms with van der Waals surface area (Å²) in [6.45, 7) is 1.32. The molecule has 0 radical (unpaired) electrons. The van der Waals surface area contributed by atoms with Crippen molar-refractivity contribution in [2.75, 3.05) is 0 Å². The lowest BCUT2D eigenvalue weighted by Crippen LogP contribution is -2.59. The summed E-state index contributed by atoms with van der Waals surface area (Å²) in [7, 11) is 0. The van der Waals surface area contributed by atoms with E-state index in [0.29, 0.717) is 37.8 Å². The predicted molar refractivity (Wildman–Crippen MR) is 253 cm³/mol. The molecule has 72 heavy (non-hydrogen) atoms. The second-order valence-corrected chi connectivity index (χ2v) is 21.8. The summed E-state index contributed by atoms with van der Waals surface area (Å²) in [5.41, 5.74) is -0.142. The Bertz CT molecular complexity index is 2860. The number of carbonyl (C=O) groups excluding carboxylic acids is 2. The van der Waals surface area contributed by atoms with Gasteiger partial charge in [-0.1, -0.05) is 6.92 Å². The fourth-order valence-electron chi connectivity index (χ4n) is 12.8. The molecule has 9 nitrogen and oxygen atoms in total. The van der Waals surface area contributed by atoms with Gasteiger partial charge in [0.2, 0.25) is 11.8 Å². The number of halogens is 8. The van der Waals surface area contributed by atoms with E-state index < -0.39 is 53.0 Å². The molecule has 2 amide bonds. The number of rotatable bonds is 6. The highest BCUT2D eigenvalue weighted by molar-refractivity contribution is 5.94. The summed E-state index contributed by atoms with van der Waals surface area (Å²) in [5, 5.41) is 27.4. The average Bonchev–Trinajstić information content (AvgIpc) is 4.27. The number of benzene rings is 4. The van der Waals surface area contributed by atoms with E-state index in [-0.39, 0.29) is 67.1 Å². The van der Waals surface area contributed by atoms with Crippen LogP contribution >= 0.6 is 0 Å². The van der Waals surface area contributed by atoms with Gasteiger partial charge in [-0.05, 0) is 210 Å². The van der Waals surface area contributed by atoms with Crippen LogP contribution in [0.2, 0.25) is 0 Å². The summed E-state index contributed by atoms with van der Waals surface area (Å²) in [4.78, 5) is 27.8. The highest BCUT2D eigenvalue weighted by Crippen LogP contribution is 2.60. The Morgan fingerprint density at radius 3 is 1.44 bits per heavy atom. The lowest BCUT2D eigenvalue weighted by molar-refractivity contribution is -0.278. The maximum atomic E-state index is 14.1. The molecule has 17 heteroatoms. The Hall–Kier alpha value is -5.84. The van der Waals surface area contributed by atoms with Gasteiger partial charge in [-0.3, -0.25) is 9.59 Å². The summed E-state index contributed by atoms with van der Waals surface area (Å²) >= 11 is 0. The monoisotopic (exact) mass is 1000 g/mol. The number of aromatic nitrogens is 4. The Labute approximate surface area is 410 Å². The zero-order chi connectivity index (χ0) is 50.6. The van der Waals surface area contributed by atoms with E-state index in [9.17, 15) is 49.8 Å². The Morgan fingerprint density at radius 2 is 1.03 bits per heavy atom. The molecule has 2 heterocycles. The van der Waals surface area contributed by atoms with Gasteiger partial charge in [-0.15, -0.1) is 0 Å². The minimum Gasteiger partial charge on any atom is -0.380 e. The lowest BCUT2D eigenvalue weighted by Gasteiger charge is -2.50. The van der Waals surface area contributed by atoms with E-state index in [2.05, 4.69) is 20.8 Å². The molecule has 0 unspecified atom stereocenters. The standard InChI is InChI=1S/C28H29F4N3O.C27H27F4N3O2/c1-26(28(30,31)32)11-12-27(25(36)34-21-7-8-21)19(15-26)4-2-3-17-14-24-18(13-23(17)27)16-33-35(24)22-9-5-20(29)6-10-22;28-19-4-8-21(9-5-19)34-23-13-16-2-1-3-18-14-25(36,27(29,30)31)10-11-26(18,24(35)33-20-6-7-20)22(16)12-17(23)15-32-34/h5-6,9-10,13-14,16,19,21H,2-4,7-8,11-12,15H2,1H3,(H,34,36);4-5,8-9,12-13,15,18,20,36H,1-3,6-7,10-11,14H2,(H,33,35)/t19-,26+,27+;18-,25-,26+/m11/s1. The van der Waals surface area contributed by atoms with Crippen molar-refractivity contribution in [3.63, 3.8) is 0 Å². The molecule has 4 fully saturated rings. The summed E-state index contributed by atoms with van der Waals surface area (Å²) in [6, 6.07) is 20.2. The van der Waals surface area contributed by atoms with Crippen molar-refractivity contribution >= 4 is 33.6 Å². The molecule has 6 atom stereocenters. The van der Waals surface area contributed by atoms with Gasteiger partial charge in [0.15, 0.2) is 5.60 Å². The zero-order valence-corrected chi connectivity index (χ0v) is 39.8. The molecule has 4 saturated carbocycles. The largest absolute Gasteiger partial charge is 0.417 e. The first kappa shape index (κ1) is 48.4. The first-order valence-electron chi connectivity index (χ1n) is 25.2. The molecule has 6 aliphatic carbocycles. The summed E-state index contributed by atoms with van der Waals surface area (Å²) in [5.74, 6) is -2.05. The van der Waals surface area contributed by atoms with E-state index in [1.54, 1.807) is 46.0 Å². The molecule has 2 aromatic heterocycles. The smallest absolute Gasteiger partial charge is 0.380 e. The molecule has 380 valence electrons. The maximum absolute atomic E-state index is 14.1. The highest BCUT2D eigenvalue weighted by Gasteiger charge is 2.64. The van der Waals surface area contributed by atoms with Gasteiger partial charge in [0, 0.05) is 22.9 Å². The number of carbonyl (C=O) groups is 2.